The van der Waals surface area contributed by atoms with Crippen molar-refractivity contribution in [3.63, 3.8) is 0 Å². The molecule has 0 aromatic rings. The van der Waals surface area contributed by atoms with Crippen molar-refractivity contribution < 1.29 is 5.11 Å². The van der Waals surface area contributed by atoms with Crippen LogP contribution in [0.3, 0.4) is 0 Å². The Hall–Kier alpha value is -0.340. The maximum absolute atomic E-state index is 8.95. The molecule has 0 bridgehead atoms. The quantitative estimate of drug-likeness (QED) is 0.678. The second-order valence-electron chi connectivity index (χ2n) is 5.86. The molecule has 0 radical (unpaired) electrons. The van der Waals surface area contributed by atoms with Gasteiger partial charge in [0.05, 0.1) is 0 Å². The van der Waals surface area contributed by atoms with Gasteiger partial charge >= 0.3 is 0 Å². The lowest BCUT2D eigenvalue weighted by Gasteiger charge is -2.42. The topological polar surface area (TPSA) is 32.3 Å². The van der Waals surface area contributed by atoms with Gasteiger partial charge in [-0.1, -0.05) is 26.0 Å². The van der Waals surface area contributed by atoms with Gasteiger partial charge in [0.1, 0.15) is 0 Å². The number of allylic oxidation sites excluding steroid dienone is 1. The van der Waals surface area contributed by atoms with E-state index in [2.05, 4.69) is 31.3 Å². The lowest BCUT2D eigenvalue weighted by Crippen LogP contribution is -2.50. The number of rotatable bonds is 5. The molecule has 0 saturated heterocycles. The fourth-order valence-corrected chi connectivity index (χ4v) is 2.75. The van der Waals surface area contributed by atoms with E-state index in [9.17, 15) is 0 Å². The van der Waals surface area contributed by atoms with Gasteiger partial charge in [-0.15, -0.1) is 0 Å². The second-order valence-corrected chi connectivity index (χ2v) is 5.86. The second kappa shape index (κ2) is 4.26. The van der Waals surface area contributed by atoms with E-state index in [-0.39, 0.29) is 5.41 Å². The first-order chi connectivity index (χ1) is 7.12. The van der Waals surface area contributed by atoms with Gasteiger partial charge in [-0.2, -0.15) is 0 Å². The Morgan fingerprint density at radius 2 is 2.27 bits per heavy atom. The summed E-state index contributed by atoms with van der Waals surface area (Å²) in [5, 5.41) is 12.6. The summed E-state index contributed by atoms with van der Waals surface area (Å²) in [5.74, 6) is 1.73. The van der Waals surface area contributed by atoms with Gasteiger partial charge in [-0.25, -0.2) is 0 Å². The number of nitrogens with one attached hydrogen (secondary N) is 1. The molecule has 1 fully saturated rings. The third kappa shape index (κ3) is 2.43. The van der Waals surface area contributed by atoms with Crippen LogP contribution >= 0.6 is 0 Å². The van der Waals surface area contributed by atoms with Gasteiger partial charge in [0.2, 0.25) is 0 Å². The van der Waals surface area contributed by atoms with E-state index in [0.29, 0.717) is 12.6 Å². The fourth-order valence-electron chi connectivity index (χ4n) is 2.75. The first-order valence-corrected chi connectivity index (χ1v) is 6.13. The van der Waals surface area contributed by atoms with Gasteiger partial charge in [0.25, 0.3) is 0 Å². The molecule has 2 nitrogen and oxygen atoms in total. The van der Waals surface area contributed by atoms with Crippen LogP contribution in [-0.2, 0) is 0 Å². The number of aliphatic hydroxyl groups excluding tert-OH is 1. The van der Waals surface area contributed by atoms with Crippen LogP contribution in [-0.4, -0.2) is 24.3 Å². The Labute approximate surface area is 92.8 Å². The number of aliphatic hydroxyl groups is 1. The van der Waals surface area contributed by atoms with E-state index in [0.717, 1.165) is 24.8 Å². The predicted molar refractivity (Wildman–Crippen MR) is 62.6 cm³/mol. The van der Waals surface area contributed by atoms with Crippen molar-refractivity contribution in [2.45, 2.75) is 39.2 Å². The Kier molecular flexibility index (Phi) is 3.17. The van der Waals surface area contributed by atoms with Crippen molar-refractivity contribution in [1.82, 2.24) is 5.32 Å². The smallest absolute Gasteiger partial charge is 0.0436 e. The van der Waals surface area contributed by atoms with E-state index < -0.39 is 0 Å². The van der Waals surface area contributed by atoms with Crippen LogP contribution in [0.4, 0.5) is 0 Å². The largest absolute Gasteiger partial charge is 0.396 e. The molecule has 2 N–H and O–H groups in total. The highest BCUT2D eigenvalue weighted by molar-refractivity contribution is 5.12. The molecule has 0 aromatic carbocycles. The van der Waals surface area contributed by atoms with E-state index in [1.165, 1.54) is 12.8 Å². The van der Waals surface area contributed by atoms with Crippen LogP contribution < -0.4 is 5.32 Å². The van der Waals surface area contributed by atoms with E-state index >= 15 is 0 Å². The van der Waals surface area contributed by atoms with Crippen LogP contribution in [0.5, 0.6) is 0 Å². The van der Waals surface area contributed by atoms with E-state index in [4.69, 9.17) is 5.11 Å². The monoisotopic (exact) mass is 209 g/mol. The molecule has 0 heterocycles. The Balaban J connectivity index is 1.72. The van der Waals surface area contributed by atoms with Gasteiger partial charge in [0, 0.05) is 19.2 Å². The Bertz CT molecular complexity index is 247. The number of fused-ring (bicyclic) bond motifs is 1. The third-order valence-electron chi connectivity index (χ3n) is 3.99. The van der Waals surface area contributed by atoms with Crippen LogP contribution in [0.2, 0.25) is 0 Å². The zero-order valence-electron chi connectivity index (χ0n) is 9.87. The van der Waals surface area contributed by atoms with Gasteiger partial charge in [-0.3, -0.25) is 0 Å². The normalized spacial score (nSPS) is 33.9. The SMILES string of the molecule is CC(C)(CCO)CNC1CC2CC=CC21. The molecule has 3 atom stereocenters. The standard InChI is InChI=1S/C13H23NO/c1-13(2,6-7-15)9-14-12-8-10-4-3-5-11(10)12/h3,5,10-12,14-15H,4,6-9H2,1-2H3. The Morgan fingerprint density at radius 3 is 2.93 bits per heavy atom. The summed E-state index contributed by atoms with van der Waals surface area (Å²) in [4.78, 5) is 0. The summed E-state index contributed by atoms with van der Waals surface area (Å²) in [7, 11) is 0. The summed E-state index contributed by atoms with van der Waals surface area (Å²) in [6.07, 6.45) is 8.23. The van der Waals surface area contributed by atoms with Crippen molar-refractivity contribution in [1.29, 1.82) is 0 Å². The molecule has 2 heteroatoms. The van der Waals surface area contributed by atoms with Crippen molar-refractivity contribution in [3.8, 4) is 0 Å². The van der Waals surface area contributed by atoms with Crippen molar-refractivity contribution >= 4 is 0 Å². The molecule has 2 aliphatic rings. The zero-order chi connectivity index (χ0) is 10.9. The zero-order valence-corrected chi connectivity index (χ0v) is 9.87. The Morgan fingerprint density at radius 1 is 1.47 bits per heavy atom. The molecule has 1 saturated carbocycles. The molecule has 2 aliphatic carbocycles. The lowest BCUT2D eigenvalue weighted by atomic mass is 9.71. The minimum Gasteiger partial charge on any atom is -0.396 e. The summed E-state index contributed by atoms with van der Waals surface area (Å²) >= 11 is 0. The van der Waals surface area contributed by atoms with Crippen molar-refractivity contribution in [2.24, 2.45) is 17.3 Å². The molecular weight excluding hydrogens is 186 g/mol. The summed E-state index contributed by atoms with van der Waals surface area (Å²) in [6, 6.07) is 0.701. The molecular formula is C13H23NO. The molecule has 86 valence electrons. The highest BCUT2D eigenvalue weighted by atomic mass is 16.3. The first kappa shape index (κ1) is 11.2. The molecule has 0 aromatic heterocycles. The van der Waals surface area contributed by atoms with E-state index in [1.54, 1.807) is 0 Å². The van der Waals surface area contributed by atoms with Crippen LogP contribution in [0, 0.1) is 17.3 Å². The maximum atomic E-state index is 8.95. The average Bonchev–Trinajstić information content (AvgIpc) is 2.47. The van der Waals surface area contributed by atoms with Gasteiger partial charge in [0.15, 0.2) is 0 Å². The highest BCUT2D eigenvalue weighted by Gasteiger charge is 2.40. The van der Waals surface area contributed by atoms with Crippen LogP contribution in [0.15, 0.2) is 12.2 Å². The molecule has 3 unspecified atom stereocenters. The van der Waals surface area contributed by atoms with Crippen molar-refractivity contribution in [2.75, 3.05) is 13.2 Å². The van der Waals surface area contributed by atoms with Crippen LogP contribution in [0.1, 0.15) is 33.1 Å². The van der Waals surface area contributed by atoms with Gasteiger partial charge in [-0.05, 0) is 36.5 Å². The lowest BCUT2D eigenvalue weighted by molar-refractivity contribution is 0.136. The number of hydrogen-bond acceptors (Lipinski definition) is 2. The van der Waals surface area contributed by atoms with Crippen LogP contribution in [0.25, 0.3) is 0 Å². The predicted octanol–water partition coefficient (Wildman–Crippen LogP) is 1.95. The summed E-state index contributed by atoms with van der Waals surface area (Å²) in [5.41, 5.74) is 0.224. The minimum absolute atomic E-state index is 0.224. The molecule has 0 spiro atoms. The minimum atomic E-state index is 0.224. The molecule has 0 aliphatic heterocycles. The molecule has 0 amide bonds. The first-order valence-electron chi connectivity index (χ1n) is 6.13. The van der Waals surface area contributed by atoms with E-state index in [1.807, 2.05) is 0 Å². The average molecular weight is 209 g/mol. The maximum Gasteiger partial charge on any atom is 0.0436 e. The molecule has 2 rings (SSSR count). The number of hydrogen-bond donors (Lipinski definition) is 2. The molecule has 15 heavy (non-hydrogen) atoms. The summed E-state index contributed by atoms with van der Waals surface area (Å²) < 4.78 is 0. The third-order valence-corrected chi connectivity index (χ3v) is 3.99. The summed E-state index contributed by atoms with van der Waals surface area (Å²) in [6.45, 7) is 5.76. The van der Waals surface area contributed by atoms with Crippen molar-refractivity contribution in [3.05, 3.63) is 12.2 Å². The fraction of sp³-hybridized carbons (Fsp3) is 0.846. The van der Waals surface area contributed by atoms with Gasteiger partial charge < -0.3 is 10.4 Å². The highest BCUT2D eigenvalue weighted by Crippen LogP contribution is 2.42.